The van der Waals surface area contributed by atoms with E-state index in [1.165, 1.54) is 11.1 Å². The third kappa shape index (κ3) is 2.96. The van der Waals surface area contributed by atoms with Crippen LogP contribution in [0.15, 0.2) is 36.4 Å². The van der Waals surface area contributed by atoms with Gasteiger partial charge >= 0.3 is 0 Å². The van der Waals surface area contributed by atoms with Gasteiger partial charge in [-0.25, -0.2) is 0 Å². The van der Waals surface area contributed by atoms with Gasteiger partial charge in [0.15, 0.2) is 0 Å². The first-order valence-corrected chi connectivity index (χ1v) is 6.20. The predicted octanol–water partition coefficient (Wildman–Crippen LogP) is 2.78. The highest BCUT2D eigenvalue weighted by molar-refractivity contribution is 5.87. The van der Waals surface area contributed by atoms with Crippen LogP contribution in [0, 0.1) is 5.92 Å². The summed E-state index contributed by atoms with van der Waals surface area (Å²) in [5.74, 6) is 0.559. The molecular weight excluding hydrogens is 210 g/mol. The number of carbonyl (C=O) groups is 1. The monoisotopic (exact) mass is 229 g/mol. The Hall–Kier alpha value is -1.57. The smallest absolute Gasteiger partial charge is 0.246 e. The maximum absolute atomic E-state index is 12.0. The van der Waals surface area contributed by atoms with E-state index in [4.69, 9.17) is 0 Å². The van der Waals surface area contributed by atoms with E-state index in [0.717, 1.165) is 19.5 Å². The lowest BCUT2D eigenvalue weighted by atomic mass is 10.00. The van der Waals surface area contributed by atoms with Crippen molar-refractivity contribution in [3.05, 3.63) is 47.5 Å². The number of allylic oxidation sites excluding steroid dienone is 1. The van der Waals surface area contributed by atoms with E-state index in [2.05, 4.69) is 32.0 Å². The third-order valence-corrected chi connectivity index (χ3v) is 3.07. The highest BCUT2D eigenvalue weighted by atomic mass is 16.2. The van der Waals surface area contributed by atoms with Crippen LogP contribution >= 0.6 is 0 Å². The molecule has 1 heterocycles. The summed E-state index contributed by atoms with van der Waals surface area (Å²) in [5, 5.41) is 0. The molecule has 0 aliphatic carbocycles. The van der Waals surface area contributed by atoms with Gasteiger partial charge in [-0.15, -0.1) is 0 Å². The molecule has 2 rings (SSSR count). The van der Waals surface area contributed by atoms with Crippen LogP contribution in [0.1, 0.15) is 25.0 Å². The van der Waals surface area contributed by atoms with E-state index >= 15 is 0 Å². The highest BCUT2D eigenvalue weighted by Gasteiger charge is 2.18. The first kappa shape index (κ1) is 11.9. The summed E-state index contributed by atoms with van der Waals surface area (Å²) in [6, 6.07) is 8.37. The second-order valence-electron chi connectivity index (χ2n) is 4.88. The topological polar surface area (TPSA) is 20.3 Å². The van der Waals surface area contributed by atoms with E-state index in [1.807, 2.05) is 17.0 Å². The fraction of sp³-hybridized carbons (Fsp3) is 0.400. The van der Waals surface area contributed by atoms with Crippen LogP contribution in [0.2, 0.25) is 0 Å². The molecule has 1 aromatic carbocycles. The summed E-state index contributed by atoms with van der Waals surface area (Å²) in [7, 11) is 0. The fourth-order valence-electron chi connectivity index (χ4n) is 2.06. The van der Waals surface area contributed by atoms with Crippen LogP contribution in [0.25, 0.3) is 0 Å². The van der Waals surface area contributed by atoms with Crippen LogP contribution in [-0.4, -0.2) is 17.4 Å². The number of amides is 1. The summed E-state index contributed by atoms with van der Waals surface area (Å²) in [4.78, 5) is 13.9. The van der Waals surface area contributed by atoms with E-state index < -0.39 is 0 Å². The van der Waals surface area contributed by atoms with Gasteiger partial charge in [0.05, 0.1) is 0 Å². The molecule has 0 spiro atoms. The van der Waals surface area contributed by atoms with Gasteiger partial charge in [0.1, 0.15) is 0 Å². The minimum atomic E-state index is 0.133. The molecule has 2 nitrogen and oxygen atoms in total. The Bertz CT molecular complexity index is 434. The van der Waals surface area contributed by atoms with Crippen molar-refractivity contribution in [3.63, 3.8) is 0 Å². The zero-order chi connectivity index (χ0) is 12.3. The standard InChI is InChI=1S/C15H19NO/c1-12(2)7-8-15(17)16-10-9-13-5-3-4-6-14(13)11-16/h3-8,12H,9-11H2,1-2H3/b8-7+. The summed E-state index contributed by atoms with van der Waals surface area (Å²) in [5.41, 5.74) is 2.66. The fourth-order valence-corrected chi connectivity index (χ4v) is 2.06. The Kier molecular flexibility index (Phi) is 3.62. The van der Waals surface area contributed by atoms with E-state index in [1.54, 1.807) is 6.08 Å². The molecule has 0 saturated carbocycles. The van der Waals surface area contributed by atoms with Crippen molar-refractivity contribution in [2.45, 2.75) is 26.8 Å². The van der Waals surface area contributed by atoms with Gasteiger partial charge in [0.25, 0.3) is 0 Å². The van der Waals surface area contributed by atoms with Gasteiger partial charge < -0.3 is 4.90 Å². The van der Waals surface area contributed by atoms with E-state index in [0.29, 0.717) is 5.92 Å². The average Bonchev–Trinajstić information content (AvgIpc) is 2.35. The Morgan fingerprint density at radius 1 is 1.29 bits per heavy atom. The van der Waals surface area contributed by atoms with E-state index in [-0.39, 0.29) is 5.91 Å². The van der Waals surface area contributed by atoms with Crippen molar-refractivity contribution in [2.75, 3.05) is 6.54 Å². The second-order valence-corrected chi connectivity index (χ2v) is 4.88. The summed E-state index contributed by atoms with van der Waals surface area (Å²) < 4.78 is 0. The first-order chi connectivity index (χ1) is 8.16. The number of fused-ring (bicyclic) bond motifs is 1. The van der Waals surface area contributed by atoms with Crippen molar-refractivity contribution in [1.29, 1.82) is 0 Å². The van der Waals surface area contributed by atoms with Crippen molar-refractivity contribution in [1.82, 2.24) is 4.90 Å². The maximum atomic E-state index is 12.0. The average molecular weight is 229 g/mol. The number of benzene rings is 1. The van der Waals surface area contributed by atoms with Crippen molar-refractivity contribution >= 4 is 5.91 Å². The lowest BCUT2D eigenvalue weighted by Crippen LogP contribution is -2.34. The van der Waals surface area contributed by atoms with Crippen LogP contribution < -0.4 is 0 Å². The van der Waals surface area contributed by atoms with Gasteiger partial charge in [-0.2, -0.15) is 0 Å². The van der Waals surface area contributed by atoms with Crippen LogP contribution in [0.5, 0.6) is 0 Å². The number of rotatable bonds is 2. The minimum Gasteiger partial charge on any atom is -0.335 e. The van der Waals surface area contributed by atoms with Gasteiger partial charge in [-0.1, -0.05) is 44.2 Å². The Labute approximate surface area is 103 Å². The molecule has 17 heavy (non-hydrogen) atoms. The SMILES string of the molecule is CC(C)/C=C/C(=O)N1CCc2ccccc2C1. The molecule has 0 unspecified atom stereocenters. The Morgan fingerprint density at radius 2 is 2.00 bits per heavy atom. The molecule has 1 amide bonds. The van der Waals surface area contributed by atoms with Crippen molar-refractivity contribution in [3.8, 4) is 0 Å². The quantitative estimate of drug-likeness (QED) is 0.714. The molecule has 0 bridgehead atoms. The Morgan fingerprint density at radius 3 is 2.71 bits per heavy atom. The molecule has 0 saturated heterocycles. The summed E-state index contributed by atoms with van der Waals surface area (Å²) >= 11 is 0. The third-order valence-electron chi connectivity index (χ3n) is 3.07. The van der Waals surface area contributed by atoms with Crippen molar-refractivity contribution in [2.24, 2.45) is 5.92 Å². The molecule has 0 radical (unpaired) electrons. The summed E-state index contributed by atoms with van der Waals surface area (Å²) in [6.45, 7) is 5.74. The predicted molar refractivity (Wildman–Crippen MR) is 69.5 cm³/mol. The molecule has 0 aromatic heterocycles. The van der Waals surface area contributed by atoms with Crippen molar-refractivity contribution < 1.29 is 4.79 Å². The molecule has 90 valence electrons. The summed E-state index contributed by atoms with van der Waals surface area (Å²) in [6.07, 6.45) is 4.64. The van der Waals surface area contributed by atoms with Gasteiger partial charge in [0.2, 0.25) is 5.91 Å². The van der Waals surface area contributed by atoms with E-state index in [9.17, 15) is 4.79 Å². The molecule has 1 aliphatic rings. The number of hydrogen-bond acceptors (Lipinski definition) is 1. The first-order valence-electron chi connectivity index (χ1n) is 6.20. The highest BCUT2D eigenvalue weighted by Crippen LogP contribution is 2.18. The van der Waals surface area contributed by atoms with Crippen LogP contribution in [0.4, 0.5) is 0 Å². The van der Waals surface area contributed by atoms with Crippen LogP contribution in [0.3, 0.4) is 0 Å². The van der Waals surface area contributed by atoms with Crippen LogP contribution in [-0.2, 0) is 17.8 Å². The largest absolute Gasteiger partial charge is 0.335 e. The van der Waals surface area contributed by atoms with Gasteiger partial charge in [0, 0.05) is 13.1 Å². The minimum absolute atomic E-state index is 0.133. The second kappa shape index (κ2) is 5.17. The number of carbonyl (C=O) groups excluding carboxylic acids is 1. The molecule has 0 atom stereocenters. The normalized spacial score (nSPS) is 15.4. The molecule has 0 N–H and O–H groups in total. The van der Waals surface area contributed by atoms with Gasteiger partial charge in [-0.3, -0.25) is 4.79 Å². The zero-order valence-corrected chi connectivity index (χ0v) is 10.5. The lowest BCUT2D eigenvalue weighted by Gasteiger charge is -2.28. The van der Waals surface area contributed by atoms with Gasteiger partial charge in [-0.05, 0) is 29.5 Å². The molecule has 1 aliphatic heterocycles. The molecule has 0 fully saturated rings. The number of nitrogens with zero attached hydrogens (tertiary/aromatic N) is 1. The lowest BCUT2D eigenvalue weighted by molar-refractivity contribution is -0.126. The zero-order valence-electron chi connectivity index (χ0n) is 10.5. The molecular formula is C15H19NO. The Balaban J connectivity index is 2.05. The maximum Gasteiger partial charge on any atom is 0.246 e. The molecule has 2 heteroatoms. The number of hydrogen-bond donors (Lipinski definition) is 0. The molecule has 1 aromatic rings.